The normalized spacial score (nSPS) is 16.7. The van der Waals surface area contributed by atoms with E-state index in [-0.39, 0.29) is 11.8 Å². The van der Waals surface area contributed by atoms with Crippen molar-refractivity contribution in [1.82, 2.24) is 25.0 Å². The zero-order valence-electron chi connectivity index (χ0n) is 20.6. The fourth-order valence-electron chi connectivity index (χ4n) is 5.15. The largest absolute Gasteiger partial charge is 0.356 e. The van der Waals surface area contributed by atoms with Crippen molar-refractivity contribution >= 4 is 17.5 Å². The second kappa shape index (κ2) is 10.4. The van der Waals surface area contributed by atoms with E-state index in [2.05, 4.69) is 29.9 Å². The molecule has 0 aliphatic carbocycles. The maximum Gasteiger partial charge on any atom is 0.261 e. The number of piperidine rings is 1. The van der Waals surface area contributed by atoms with Crippen molar-refractivity contribution in [2.45, 2.75) is 12.8 Å². The first kappa shape index (κ1) is 23.1. The lowest BCUT2D eigenvalue weighted by molar-refractivity contribution is -0.136. The molecule has 2 fully saturated rings. The van der Waals surface area contributed by atoms with Crippen molar-refractivity contribution in [3.63, 3.8) is 0 Å². The molecule has 2 saturated heterocycles. The van der Waals surface area contributed by atoms with E-state index in [4.69, 9.17) is 4.52 Å². The molecule has 188 valence electrons. The monoisotopic (exact) mass is 495 g/mol. The third-order valence-corrected chi connectivity index (χ3v) is 7.18. The van der Waals surface area contributed by atoms with Crippen LogP contribution in [0, 0.1) is 5.92 Å². The van der Waals surface area contributed by atoms with E-state index in [0.29, 0.717) is 11.7 Å². The summed E-state index contributed by atoms with van der Waals surface area (Å²) >= 11 is 0. The third-order valence-electron chi connectivity index (χ3n) is 7.18. The van der Waals surface area contributed by atoms with Crippen LogP contribution in [0.5, 0.6) is 0 Å². The Labute approximate surface area is 215 Å². The van der Waals surface area contributed by atoms with Gasteiger partial charge in [0.25, 0.3) is 5.89 Å². The van der Waals surface area contributed by atoms with Gasteiger partial charge in [0.2, 0.25) is 11.7 Å². The van der Waals surface area contributed by atoms with Gasteiger partial charge in [0, 0.05) is 63.1 Å². The summed E-state index contributed by atoms with van der Waals surface area (Å²) in [5.41, 5.74) is 1.72. The second-order valence-electron chi connectivity index (χ2n) is 9.43. The highest BCUT2D eigenvalue weighted by Gasteiger charge is 2.32. The van der Waals surface area contributed by atoms with E-state index in [1.807, 2.05) is 71.8 Å². The van der Waals surface area contributed by atoms with Gasteiger partial charge in [0.15, 0.2) is 0 Å². The summed E-state index contributed by atoms with van der Waals surface area (Å²) in [6, 6.07) is 19.6. The van der Waals surface area contributed by atoms with Crippen LogP contribution in [0.2, 0.25) is 0 Å². The molecule has 2 aliphatic heterocycles. The highest BCUT2D eigenvalue weighted by Crippen LogP contribution is 2.32. The van der Waals surface area contributed by atoms with Gasteiger partial charge in [0.1, 0.15) is 11.6 Å². The van der Waals surface area contributed by atoms with Gasteiger partial charge in [-0.25, -0.2) is 9.97 Å². The van der Waals surface area contributed by atoms with E-state index in [9.17, 15) is 4.79 Å². The first-order valence-electron chi connectivity index (χ1n) is 12.8. The van der Waals surface area contributed by atoms with Crippen LogP contribution >= 0.6 is 0 Å². The molecule has 9 nitrogen and oxygen atoms in total. The van der Waals surface area contributed by atoms with Gasteiger partial charge < -0.3 is 19.2 Å². The Morgan fingerprint density at radius 3 is 2.30 bits per heavy atom. The number of hydrogen-bond acceptors (Lipinski definition) is 8. The lowest BCUT2D eigenvalue weighted by Crippen LogP contribution is -2.52. The summed E-state index contributed by atoms with van der Waals surface area (Å²) in [5, 5.41) is 4.17. The van der Waals surface area contributed by atoms with Crippen molar-refractivity contribution in [1.29, 1.82) is 0 Å². The first-order chi connectivity index (χ1) is 18.3. The van der Waals surface area contributed by atoms with E-state index in [0.717, 1.165) is 74.9 Å². The summed E-state index contributed by atoms with van der Waals surface area (Å²) in [6.45, 7) is 4.62. The summed E-state index contributed by atoms with van der Waals surface area (Å²) < 4.78 is 5.62. The summed E-state index contributed by atoms with van der Waals surface area (Å²) in [5.74, 6) is 3.11. The molecule has 0 atom stereocenters. The van der Waals surface area contributed by atoms with Gasteiger partial charge in [-0.15, -0.1) is 0 Å². The number of carbonyl (C=O) groups is 1. The Hall–Kier alpha value is -4.27. The molecule has 37 heavy (non-hydrogen) atoms. The molecule has 0 saturated carbocycles. The minimum atomic E-state index is 0.0397. The van der Waals surface area contributed by atoms with E-state index in [1.165, 1.54) is 0 Å². The van der Waals surface area contributed by atoms with Crippen LogP contribution in [-0.2, 0) is 4.79 Å². The summed E-state index contributed by atoms with van der Waals surface area (Å²) in [7, 11) is 0. The molecule has 0 radical (unpaired) electrons. The summed E-state index contributed by atoms with van der Waals surface area (Å²) in [6.07, 6.45) is 5.20. The quantitative estimate of drug-likeness (QED) is 0.413. The topological polar surface area (TPSA) is 91.5 Å². The van der Waals surface area contributed by atoms with Gasteiger partial charge in [0.05, 0.1) is 5.56 Å². The number of hydrogen-bond donors (Lipinski definition) is 0. The number of benzene rings is 1. The Morgan fingerprint density at radius 2 is 1.54 bits per heavy atom. The van der Waals surface area contributed by atoms with E-state index < -0.39 is 0 Å². The van der Waals surface area contributed by atoms with Crippen LogP contribution in [0.15, 0.2) is 77.6 Å². The lowest BCUT2D eigenvalue weighted by Gasteiger charge is -2.39. The standard InChI is InChI=1S/C28H29N7O2/c36-28(35-19-17-33(18-20-35)24-10-4-5-13-29-24)22-11-15-34(16-12-22)26-23(9-6-14-30-26)27-31-25(32-37-27)21-7-2-1-3-8-21/h1-10,13-14,22H,11-12,15-20H2. The molecule has 0 unspecified atom stereocenters. The van der Waals surface area contributed by atoms with Gasteiger partial charge in [-0.2, -0.15) is 4.98 Å². The zero-order valence-corrected chi connectivity index (χ0v) is 20.6. The molecule has 9 heteroatoms. The number of anilines is 2. The molecule has 1 amide bonds. The molecule has 4 aromatic rings. The van der Waals surface area contributed by atoms with E-state index >= 15 is 0 Å². The number of amides is 1. The minimum absolute atomic E-state index is 0.0397. The van der Waals surface area contributed by atoms with Crippen molar-refractivity contribution in [3.05, 3.63) is 73.1 Å². The van der Waals surface area contributed by atoms with Crippen molar-refractivity contribution in [2.75, 3.05) is 49.1 Å². The number of piperazine rings is 1. The molecule has 0 bridgehead atoms. The lowest BCUT2D eigenvalue weighted by atomic mass is 9.94. The SMILES string of the molecule is O=C(C1CCN(c2ncccc2-c2nc(-c3ccccc3)no2)CC1)N1CCN(c2ccccn2)CC1. The molecule has 0 spiro atoms. The molecular weight excluding hydrogens is 466 g/mol. The number of aromatic nitrogens is 4. The van der Waals surface area contributed by atoms with Crippen LogP contribution in [0.25, 0.3) is 22.8 Å². The third kappa shape index (κ3) is 4.89. The predicted molar refractivity (Wildman–Crippen MR) is 141 cm³/mol. The number of carbonyl (C=O) groups excluding carboxylic acids is 1. The van der Waals surface area contributed by atoms with Crippen LogP contribution in [0.4, 0.5) is 11.6 Å². The number of pyridine rings is 2. The Bertz CT molecular complexity index is 1330. The maximum absolute atomic E-state index is 13.3. The van der Waals surface area contributed by atoms with Crippen molar-refractivity contribution < 1.29 is 9.32 Å². The Kier molecular flexibility index (Phi) is 6.49. The molecule has 2 aliphatic rings. The molecular formula is C28H29N7O2. The van der Waals surface area contributed by atoms with E-state index in [1.54, 1.807) is 6.20 Å². The summed E-state index contributed by atoms with van der Waals surface area (Å²) in [4.78, 5) is 33.5. The van der Waals surface area contributed by atoms with Gasteiger partial charge in [-0.3, -0.25) is 4.79 Å². The smallest absolute Gasteiger partial charge is 0.261 e. The van der Waals surface area contributed by atoms with Crippen molar-refractivity contribution in [3.8, 4) is 22.8 Å². The van der Waals surface area contributed by atoms with Crippen LogP contribution < -0.4 is 9.80 Å². The highest BCUT2D eigenvalue weighted by atomic mass is 16.5. The van der Waals surface area contributed by atoms with Crippen LogP contribution in [0.1, 0.15) is 12.8 Å². The first-order valence-corrected chi connectivity index (χ1v) is 12.8. The van der Waals surface area contributed by atoms with Gasteiger partial charge >= 0.3 is 0 Å². The highest BCUT2D eigenvalue weighted by molar-refractivity contribution is 5.80. The maximum atomic E-state index is 13.3. The molecule has 5 heterocycles. The number of nitrogens with zero attached hydrogens (tertiary/aromatic N) is 7. The predicted octanol–water partition coefficient (Wildman–Crippen LogP) is 3.76. The molecule has 0 N–H and O–H groups in total. The minimum Gasteiger partial charge on any atom is -0.356 e. The fourth-order valence-corrected chi connectivity index (χ4v) is 5.15. The van der Waals surface area contributed by atoms with Crippen molar-refractivity contribution in [2.24, 2.45) is 5.92 Å². The average Bonchev–Trinajstić information content (AvgIpc) is 3.48. The molecule has 3 aromatic heterocycles. The fraction of sp³-hybridized carbons (Fsp3) is 0.321. The zero-order chi connectivity index (χ0) is 25.0. The average molecular weight is 496 g/mol. The van der Waals surface area contributed by atoms with Crippen LogP contribution in [0.3, 0.4) is 0 Å². The molecule has 1 aromatic carbocycles. The van der Waals surface area contributed by atoms with Gasteiger partial charge in [-0.1, -0.05) is 41.6 Å². The second-order valence-corrected chi connectivity index (χ2v) is 9.43. The Balaban J connectivity index is 1.08. The number of rotatable bonds is 5. The molecule has 6 rings (SSSR count). The Morgan fingerprint density at radius 1 is 0.784 bits per heavy atom. The van der Waals surface area contributed by atoms with Crippen LogP contribution in [-0.4, -0.2) is 70.2 Å². The van der Waals surface area contributed by atoms with Gasteiger partial charge in [-0.05, 0) is 37.1 Å².